The smallest absolute Gasteiger partial charge is 0.145 e. The Balaban J connectivity index is 1.42. The maximum atomic E-state index is 6.56. The molecule has 3 N–H and O–H groups in total. The van der Waals surface area contributed by atoms with E-state index in [1.54, 1.807) is 12.3 Å². The summed E-state index contributed by atoms with van der Waals surface area (Å²) >= 11 is 13.1. The van der Waals surface area contributed by atoms with Crippen molar-refractivity contribution in [2.45, 2.75) is 12.5 Å². The van der Waals surface area contributed by atoms with Crippen LogP contribution in [0.25, 0.3) is 11.3 Å². The highest BCUT2D eigenvalue weighted by atomic mass is 35.5. The topological polar surface area (TPSA) is 114 Å². The summed E-state index contributed by atoms with van der Waals surface area (Å²) < 4.78 is 21.8. The summed E-state index contributed by atoms with van der Waals surface area (Å²) in [4.78, 5) is 13.4. The Labute approximate surface area is 229 Å². The van der Waals surface area contributed by atoms with E-state index in [-0.39, 0.29) is 6.10 Å². The van der Waals surface area contributed by atoms with Crippen molar-refractivity contribution in [3.05, 3.63) is 76.3 Å². The number of nitrogen functional groups attached to an aromatic ring is 1. The third-order valence-electron chi connectivity index (χ3n) is 6.02. The number of aromatic nitrogens is 3. The van der Waals surface area contributed by atoms with Crippen LogP contribution in [0.15, 0.2) is 55.0 Å². The van der Waals surface area contributed by atoms with Crippen molar-refractivity contribution in [2.24, 2.45) is 0 Å². The Morgan fingerprint density at radius 2 is 1.76 bits per heavy atom. The van der Waals surface area contributed by atoms with Crippen LogP contribution in [0.1, 0.15) is 11.3 Å². The van der Waals surface area contributed by atoms with Gasteiger partial charge in [0, 0.05) is 41.7 Å². The number of hydrogen-bond acceptors (Lipinski definition) is 9. The highest BCUT2D eigenvalue weighted by Crippen LogP contribution is 2.45. The number of nitrogens with one attached hydrogen (secondary N) is 1. The molecule has 0 radical (unpaired) electrons. The zero-order valence-electron chi connectivity index (χ0n) is 20.7. The maximum Gasteiger partial charge on any atom is 0.145 e. The second kappa shape index (κ2) is 11.3. The fourth-order valence-corrected chi connectivity index (χ4v) is 4.54. The molecule has 4 aromatic rings. The highest BCUT2D eigenvalue weighted by molar-refractivity contribution is 6.41. The summed E-state index contributed by atoms with van der Waals surface area (Å²) in [6.07, 6.45) is 3.77. The van der Waals surface area contributed by atoms with Crippen LogP contribution in [0.2, 0.25) is 10.0 Å². The number of anilines is 3. The van der Waals surface area contributed by atoms with Gasteiger partial charge in [-0.05, 0) is 29.8 Å². The molecule has 9 nitrogen and oxygen atoms in total. The van der Waals surface area contributed by atoms with Gasteiger partial charge >= 0.3 is 0 Å². The van der Waals surface area contributed by atoms with Gasteiger partial charge in [0.1, 0.15) is 45.5 Å². The van der Waals surface area contributed by atoms with Gasteiger partial charge in [0.25, 0.3) is 0 Å². The number of rotatable bonds is 9. The fourth-order valence-electron chi connectivity index (χ4n) is 3.94. The zero-order valence-corrected chi connectivity index (χ0v) is 22.2. The summed E-state index contributed by atoms with van der Waals surface area (Å²) in [7, 11) is 3.03. The van der Waals surface area contributed by atoms with Crippen molar-refractivity contribution in [1.82, 2.24) is 15.0 Å². The van der Waals surface area contributed by atoms with E-state index >= 15 is 0 Å². The van der Waals surface area contributed by atoms with Gasteiger partial charge in [-0.2, -0.15) is 0 Å². The van der Waals surface area contributed by atoms with Crippen molar-refractivity contribution in [2.75, 3.05) is 38.5 Å². The molecular formula is C27H25Cl2N5O4. The second-order valence-corrected chi connectivity index (χ2v) is 9.27. The molecule has 0 saturated carbocycles. The van der Waals surface area contributed by atoms with E-state index in [2.05, 4.69) is 20.3 Å². The van der Waals surface area contributed by atoms with Crippen molar-refractivity contribution in [1.29, 1.82) is 0 Å². The number of nitrogens with two attached hydrogens (primary N) is 1. The first-order valence-electron chi connectivity index (χ1n) is 11.7. The van der Waals surface area contributed by atoms with E-state index in [0.717, 1.165) is 22.6 Å². The van der Waals surface area contributed by atoms with Gasteiger partial charge in [-0.15, -0.1) is 0 Å². The number of pyridine rings is 1. The van der Waals surface area contributed by atoms with Crippen LogP contribution in [-0.4, -0.2) is 48.5 Å². The minimum atomic E-state index is 0.0785. The molecule has 1 fully saturated rings. The highest BCUT2D eigenvalue weighted by Gasteiger charge is 2.21. The van der Waals surface area contributed by atoms with E-state index in [0.29, 0.717) is 64.1 Å². The molecule has 0 spiro atoms. The first-order chi connectivity index (χ1) is 18.5. The molecule has 2 aromatic carbocycles. The molecule has 5 rings (SSSR count). The Kier molecular flexibility index (Phi) is 7.69. The molecule has 11 heteroatoms. The normalized spacial score (nSPS) is 13.1. The lowest BCUT2D eigenvalue weighted by molar-refractivity contribution is -0.0796. The lowest BCUT2D eigenvalue weighted by atomic mass is 10.1. The minimum Gasteiger partial charge on any atom is -0.495 e. The van der Waals surface area contributed by atoms with Crippen LogP contribution in [0, 0.1) is 0 Å². The predicted octanol–water partition coefficient (Wildman–Crippen LogP) is 5.56. The molecule has 0 bridgehead atoms. The lowest BCUT2D eigenvalue weighted by Gasteiger charge is -2.26. The molecule has 1 aliphatic rings. The number of methoxy groups -OCH3 is 2. The van der Waals surface area contributed by atoms with E-state index < -0.39 is 0 Å². The monoisotopic (exact) mass is 553 g/mol. The molecule has 196 valence electrons. The summed E-state index contributed by atoms with van der Waals surface area (Å²) in [5.41, 5.74) is 10.5. The average Bonchev–Trinajstić information content (AvgIpc) is 2.91. The van der Waals surface area contributed by atoms with E-state index in [1.807, 2.05) is 36.4 Å². The number of halogens is 2. The molecule has 0 unspecified atom stereocenters. The number of benzene rings is 2. The Hall–Kier alpha value is -3.79. The Morgan fingerprint density at radius 3 is 2.42 bits per heavy atom. The Bertz CT molecular complexity index is 1440. The van der Waals surface area contributed by atoms with Gasteiger partial charge in [-0.25, -0.2) is 15.0 Å². The maximum absolute atomic E-state index is 6.56. The zero-order chi connectivity index (χ0) is 26.6. The van der Waals surface area contributed by atoms with Gasteiger partial charge in [0.05, 0.1) is 38.8 Å². The van der Waals surface area contributed by atoms with E-state index in [4.69, 9.17) is 47.9 Å². The summed E-state index contributed by atoms with van der Waals surface area (Å²) in [5, 5.41) is 3.82. The molecular weight excluding hydrogens is 529 g/mol. The van der Waals surface area contributed by atoms with Crippen LogP contribution in [0.5, 0.6) is 17.2 Å². The van der Waals surface area contributed by atoms with Crippen molar-refractivity contribution >= 4 is 40.4 Å². The van der Waals surface area contributed by atoms with Gasteiger partial charge < -0.3 is 30.0 Å². The molecule has 0 atom stereocenters. The lowest BCUT2D eigenvalue weighted by Crippen LogP contribution is -2.38. The van der Waals surface area contributed by atoms with Gasteiger partial charge in [-0.3, -0.25) is 0 Å². The van der Waals surface area contributed by atoms with Gasteiger partial charge in [0.15, 0.2) is 0 Å². The Morgan fingerprint density at radius 1 is 1.00 bits per heavy atom. The quantitative estimate of drug-likeness (QED) is 0.257. The third kappa shape index (κ3) is 5.40. The number of nitrogens with zero attached hydrogens (tertiary/aromatic N) is 3. The predicted molar refractivity (Wildman–Crippen MR) is 147 cm³/mol. The molecule has 2 aromatic heterocycles. The van der Waals surface area contributed by atoms with Crippen LogP contribution in [-0.2, 0) is 11.2 Å². The molecule has 0 aliphatic carbocycles. The van der Waals surface area contributed by atoms with Crippen LogP contribution in [0.4, 0.5) is 17.2 Å². The van der Waals surface area contributed by atoms with Crippen LogP contribution >= 0.6 is 23.2 Å². The first-order valence-corrected chi connectivity index (χ1v) is 12.5. The largest absolute Gasteiger partial charge is 0.495 e. The third-order valence-corrected chi connectivity index (χ3v) is 6.77. The van der Waals surface area contributed by atoms with Crippen LogP contribution in [0.3, 0.4) is 0 Å². The molecule has 3 heterocycles. The number of ether oxygens (including phenoxy) is 4. The SMILES string of the molecule is COc1cc(OC)c(Cl)c(Nc2ncccc2-c2cc(Cc3ccc(OC4COC4)cc3N)ncn2)c1Cl. The first kappa shape index (κ1) is 25.8. The summed E-state index contributed by atoms with van der Waals surface area (Å²) in [5.74, 6) is 2.04. The van der Waals surface area contributed by atoms with Crippen molar-refractivity contribution in [3.8, 4) is 28.5 Å². The van der Waals surface area contributed by atoms with Crippen LogP contribution < -0.4 is 25.3 Å². The molecule has 0 amide bonds. The van der Waals surface area contributed by atoms with E-state index in [9.17, 15) is 0 Å². The molecule has 38 heavy (non-hydrogen) atoms. The van der Waals surface area contributed by atoms with E-state index in [1.165, 1.54) is 20.5 Å². The number of hydrogen-bond donors (Lipinski definition) is 2. The van der Waals surface area contributed by atoms with Gasteiger partial charge in [0.2, 0.25) is 0 Å². The summed E-state index contributed by atoms with van der Waals surface area (Å²) in [6, 6.07) is 12.9. The molecule has 1 aliphatic heterocycles. The van der Waals surface area contributed by atoms with Crippen molar-refractivity contribution < 1.29 is 18.9 Å². The summed E-state index contributed by atoms with van der Waals surface area (Å²) in [6.45, 7) is 1.20. The second-order valence-electron chi connectivity index (χ2n) is 8.52. The van der Waals surface area contributed by atoms with Crippen molar-refractivity contribution in [3.63, 3.8) is 0 Å². The van der Waals surface area contributed by atoms with Gasteiger partial charge in [-0.1, -0.05) is 29.3 Å². The average molecular weight is 554 g/mol. The minimum absolute atomic E-state index is 0.0785. The fraction of sp³-hybridized carbons (Fsp3) is 0.222. The molecule has 1 saturated heterocycles. The standard InChI is InChI=1S/C27H25Cl2N5O4/c1-35-22-11-23(36-2)25(29)26(24(22)28)34-27-19(4-3-7-31-27)21-9-16(32-14-33-21)8-15-5-6-17(10-20(15)30)38-18-12-37-13-18/h3-7,9-11,14,18H,8,12-13,30H2,1-2H3,(H,31,34).